The number of likely N-dealkylation sites (N-methyl/N-ethyl adjacent to an activating group) is 1. The third-order valence-corrected chi connectivity index (χ3v) is 5.01. The summed E-state index contributed by atoms with van der Waals surface area (Å²) in [7, 11) is 4.34. The summed E-state index contributed by atoms with van der Waals surface area (Å²) in [5.74, 6) is 1.66. The van der Waals surface area contributed by atoms with Gasteiger partial charge in [0.15, 0.2) is 0 Å². The van der Waals surface area contributed by atoms with Crippen molar-refractivity contribution in [1.29, 1.82) is 0 Å². The summed E-state index contributed by atoms with van der Waals surface area (Å²) in [5, 5.41) is 0. The lowest BCUT2D eigenvalue weighted by Crippen LogP contribution is -2.54. The number of hydrogen-bond acceptors (Lipinski definition) is 3. The van der Waals surface area contributed by atoms with E-state index in [1.165, 1.54) is 31.2 Å². The predicted octanol–water partition coefficient (Wildman–Crippen LogP) is 3.60. The first-order valence-electron chi connectivity index (χ1n) is 8.15. The molecule has 0 spiro atoms. The number of benzene rings is 1. The minimum Gasteiger partial charge on any atom is -0.494 e. The number of hydrogen-bond donors (Lipinski definition) is 1. The van der Waals surface area contributed by atoms with Crippen molar-refractivity contribution in [2.24, 2.45) is 11.7 Å². The summed E-state index contributed by atoms with van der Waals surface area (Å²) < 4.78 is 5.63. The number of nitrogens with zero attached hydrogens (tertiary/aromatic N) is 1. The van der Waals surface area contributed by atoms with Crippen LogP contribution in [0.2, 0.25) is 0 Å². The highest BCUT2D eigenvalue weighted by Crippen LogP contribution is 2.43. The second kappa shape index (κ2) is 6.80. The molecule has 118 valence electrons. The van der Waals surface area contributed by atoms with Gasteiger partial charge >= 0.3 is 0 Å². The summed E-state index contributed by atoms with van der Waals surface area (Å²) in [6, 6.07) is 8.33. The topological polar surface area (TPSA) is 38.5 Å². The summed E-state index contributed by atoms with van der Waals surface area (Å²) in [5.41, 5.74) is 7.98. The predicted molar refractivity (Wildman–Crippen MR) is 88.6 cm³/mol. The summed E-state index contributed by atoms with van der Waals surface area (Å²) >= 11 is 0. The van der Waals surface area contributed by atoms with E-state index < -0.39 is 0 Å². The van der Waals surface area contributed by atoms with Gasteiger partial charge in [-0.25, -0.2) is 0 Å². The molecule has 1 aliphatic rings. The lowest BCUT2D eigenvalue weighted by atomic mass is 9.70. The van der Waals surface area contributed by atoms with E-state index in [-0.39, 0.29) is 11.6 Å². The molecule has 0 bridgehead atoms. The standard InChI is InChI=1S/C18H30N2O/c1-5-21-16-10-6-9-15(12-16)17(19)18(20(3)4)11-7-8-14(2)13-18/h6,9-10,12,14,17H,5,7-8,11,13,19H2,1-4H3. The highest BCUT2D eigenvalue weighted by atomic mass is 16.5. The van der Waals surface area contributed by atoms with Crippen LogP contribution in [0.3, 0.4) is 0 Å². The summed E-state index contributed by atoms with van der Waals surface area (Å²) in [6.45, 7) is 5.05. The molecule has 0 aliphatic heterocycles. The van der Waals surface area contributed by atoms with E-state index in [0.717, 1.165) is 11.7 Å². The van der Waals surface area contributed by atoms with Crippen molar-refractivity contribution in [2.45, 2.75) is 51.1 Å². The number of ether oxygens (including phenoxy) is 1. The van der Waals surface area contributed by atoms with Crippen molar-refractivity contribution in [3.63, 3.8) is 0 Å². The largest absolute Gasteiger partial charge is 0.494 e. The van der Waals surface area contributed by atoms with Gasteiger partial charge in [-0.15, -0.1) is 0 Å². The molecule has 1 aliphatic carbocycles. The first-order valence-corrected chi connectivity index (χ1v) is 8.15. The van der Waals surface area contributed by atoms with Gasteiger partial charge in [0.05, 0.1) is 6.61 Å². The molecule has 3 unspecified atom stereocenters. The Morgan fingerprint density at radius 2 is 2.19 bits per heavy atom. The molecule has 3 atom stereocenters. The maximum atomic E-state index is 6.74. The van der Waals surface area contributed by atoms with Gasteiger partial charge < -0.3 is 15.4 Å². The van der Waals surface area contributed by atoms with Crippen LogP contribution in [0.4, 0.5) is 0 Å². The average molecular weight is 290 g/mol. The van der Waals surface area contributed by atoms with Gasteiger partial charge in [-0.05, 0) is 57.5 Å². The maximum absolute atomic E-state index is 6.74. The molecular weight excluding hydrogens is 260 g/mol. The molecule has 0 amide bonds. The van der Waals surface area contributed by atoms with Crippen molar-refractivity contribution in [3.8, 4) is 5.75 Å². The Bertz CT molecular complexity index is 460. The molecule has 1 saturated carbocycles. The first-order chi connectivity index (χ1) is 9.99. The van der Waals surface area contributed by atoms with Crippen molar-refractivity contribution in [3.05, 3.63) is 29.8 Å². The van der Waals surface area contributed by atoms with Gasteiger partial charge in [0, 0.05) is 11.6 Å². The van der Waals surface area contributed by atoms with Gasteiger partial charge in [0.25, 0.3) is 0 Å². The molecule has 0 heterocycles. The Morgan fingerprint density at radius 3 is 2.81 bits per heavy atom. The van der Waals surface area contributed by atoms with Gasteiger partial charge in [-0.1, -0.05) is 31.9 Å². The molecule has 1 aromatic carbocycles. The SMILES string of the molecule is CCOc1cccc(C(N)C2(N(C)C)CCCC(C)C2)c1. The van der Waals surface area contributed by atoms with Crippen LogP contribution in [0, 0.1) is 5.92 Å². The van der Waals surface area contributed by atoms with Crippen LogP contribution in [-0.4, -0.2) is 31.1 Å². The van der Waals surface area contributed by atoms with E-state index in [2.05, 4.69) is 44.1 Å². The van der Waals surface area contributed by atoms with Crippen molar-refractivity contribution in [2.75, 3.05) is 20.7 Å². The monoisotopic (exact) mass is 290 g/mol. The zero-order chi connectivity index (χ0) is 15.5. The lowest BCUT2D eigenvalue weighted by Gasteiger charge is -2.49. The molecule has 0 aromatic heterocycles. The Hall–Kier alpha value is -1.06. The molecular formula is C18H30N2O. The van der Waals surface area contributed by atoms with Crippen molar-refractivity contribution in [1.82, 2.24) is 4.90 Å². The summed E-state index contributed by atoms with van der Waals surface area (Å²) in [4.78, 5) is 2.35. The Kier molecular flexibility index (Phi) is 5.28. The molecule has 2 rings (SSSR count). The second-order valence-corrected chi connectivity index (χ2v) is 6.68. The normalized spacial score (nSPS) is 27.6. The van der Waals surface area contributed by atoms with Gasteiger partial charge in [0.1, 0.15) is 5.75 Å². The zero-order valence-electron chi connectivity index (χ0n) is 13.9. The second-order valence-electron chi connectivity index (χ2n) is 6.68. The minimum atomic E-state index is 0.0238. The zero-order valence-corrected chi connectivity index (χ0v) is 13.9. The molecule has 1 aromatic rings. The van der Waals surface area contributed by atoms with E-state index in [4.69, 9.17) is 10.5 Å². The number of rotatable bonds is 5. The van der Waals surface area contributed by atoms with Crippen LogP contribution in [0.5, 0.6) is 5.75 Å². The van der Waals surface area contributed by atoms with Gasteiger partial charge in [-0.3, -0.25) is 0 Å². The van der Waals surface area contributed by atoms with E-state index >= 15 is 0 Å². The number of nitrogens with two attached hydrogens (primary N) is 1. The fourth-order valence-corrected chi connectivity index (χ4v) is 3.81. The molecule has 1 fully saturated rings. The maximum Gasteiger partial charge on any atom is 0.119 e. The highest BCUT2D eigenvalue weighted by Gasteiger charge is 2.42. The Labute approximate surface area is 129 Å². The quantitative estimate of drug-likeness (QED) is 0.900. The third-order valence-electron chi connectivity index (χ3n) is 5.01. The summed E-state index contributed by atoms with van der Waals surface area (Å²) in [6.07, 6.45) is 4.92. The molecule has 3 nitrogen and oxygen atoms in total. The van der Waals surface area contributed by atoms with Crippen LogP contribution in [0.25, 0.3) is 0 Å². The van der Waals surface area contributed by atoms with Crippen LogP contribution >= 0.6 is 0 Å². The molecule has 0 radical (unpaired) electrons. The lowest BCUT2D eigenvalue weighted by molar-refractivity contribution is 0.0499. The van der Waals surface area contributed by atoms with E-state index in [0.29, 0.717) is 6.61 Å². The van der Waals surface area contributed by atoms with Crippen LogP contribution in [0.15, 0.2) is 24.3 Å². The van der Waals surface area contributed by atoms with Crippen LogP contribution in [0.1, 0.15) is 51.1 Å². The van der Waals surface area contributed by atoms with E-state index in [9.17, 15) is 0 Å². The smallest absolute Gasteiger partial charge is 0.119 e. The van der Waals surface area contributed by atoms with Crippen molar-refractivity contribution < 1.29 is 4.74 Å². The highest BCUT2D eigenvalue weighted by molar-refractivity contribution is 5.32. The van der Waals surface area contributed by atoms with Crippen LogP contribution in [-0.2, 0) is 0 Å². The van der Waals surface area contributed by atoms with Gasteiger partial charge in [-0.2, -0.15) is 0 Å². The molecule has 21 heavy (non-hydrogen) atoms. The van der Waals surface area contributed by atoms with Gasteiger partial charge in [0.2, 0.25) is 0 Å². The first kappa shape index (κ1) is 16.3. The fourth-order valence-electron chi connectivity index (χ4n) is 3.81. The van der Waals surface area contributed by atoms with E-state index in [1.807, 2.05) is 13.0 Å². The van der Waals surface area contributed by atoms with Crippen molar-refractivity contribution >= 4 is 0 Å². The Balaban J connectivity index is 2.30. The van der Waals surface area contributed by atoms with Crippen LogP contribution < -0.4 is 10.5 Å². The fraction of sp³-hybridized carbons (Fsp3) is 0.667. The Morgan fingerprint density at radius 1 is 1.43 bits per heavy atom. The molecule has 3 heteroatoms. The third kappa shape index (κ3) is 3.41. The molecule has 0 saturated heterocycles. The average Bonchev–Trinajstić information content (AvgIpc) is 2.47. The molecule has 2 N–H and O–H groups in total. The van der Waals surface area contributed by atoms with E-state index in [1.54, 1.807) is 0 Å². The minimum absolute atomic E-state index is 0.0238.